The van der Waals surface area contributed by atoms with Crippen molar-refractivity contribution in [2.45, 2.75) is 19.5 Å². The molecule has 0 aliphatic heterocycles. The Morgan fingerprint density at radius 1 is 1.18 bits per heavy atom. The van der Waals surface area contributed by atoms with Crippen molar-refractivity contribution < 1.29 is 9.13 Å². The average molecular weight is 500 g/mol. The summed E-state index contributed by atoms with van der Waals surface area (Å²) in [6.45, 7) is 3.23. The summed E-state index contributed by atoms with van der Waals surface area (Å²) in [5.74, 6) is 1.30. The van der Waals surface area contributed by atoms with Crippen LogP contribution < -0.4 is 15.4 Å². The van der Waals surface area contributed by atoms with E-state index >= 15 is 0 Å². The summed E-state index contributed by atoms with van der Waals surface area (Å²) < 4.78 is 19.0. The monoisotopic (exact) mass is 500 g/mol. The molecule has 0 aliphatic carbocycles. The van der Waals surface area contributed by atoms with Gasteiger partial charge in [0.05, 0.1) is 13.2 Å². The Kier molecular flexibility index (Phi) is 10.2. The van der Waals surface area contributed by atoms with Crippen molar-refractivity contribution in [2.24, 2.45) is 4.99 Å². The van der Waals surface area contributed by atoms with Gasteiger partial charge in [0.15, 0.2) is 5.96 Å². The first kappa shape index (κ1) is 24.2. The number of halogens is 2. The number of guanidine groups is 1. The van der Waals surface area contributed by atoms with E-state index in [2.05, 4.69) is 26.6 Å². The minimum atomic E-state index is -0.228. The third-order valence-electron chi connectivity index (χ3n) is 4.43. The van der Waals surface area contributed by atoms with Crippen LogP contribution in [0.3, 0.4) is 0 Å². The summed E-state index contributed by atoms with van der Waals surface area (Å²) in [5, 5.41) is 6.63. The van der Waals surface area contributed by atoms with Gasteiger partial charge in [0.2, 0.25) is 0 Å². The first-order chi connectivity index (χ1) is 12.9. The van der Waals surface area contributed by atoms with Crippen LogP contribution in [0.1, 0.15) is 22.7 Å². The van der Waals surface area contributed by atoms with E-state index in [0.29, 0.717) is 19.0 Å². The van der Waals surface area contributed by atoms with Crippen LogP contribution in [-0.2, 0) is 6.54 Å². The van der Waals surface area contributed by atoms with Crippen molar-refractivity contribution in [3.63, 3.8) is 0 Å². The quantitative estimate of drug-likeness (QED) is 0.346. The maximum absolute atomic E-state index is 13.6. The molecule has 2 N–H and O–H groups in total. The van der Waals surface area contributed by atoms with Crippen molar-refractivity contribution in [3.8, 4) is 5.75 Å². The fourth-order valence-corrected chi connectivity index (χ4v) is 2.90. The zero-order valence-electron chi connectivity index (χ0n) is 17.1. The Labute approximate surface area is 184 Å². The fourth-order valence-electron chi connectivity index (χ4n) is 2.90. The van der Waals surface area contributed by atoms with Crippen LogP contribution in [-0.4, -0.2) is 45.7 Å². The van der Waals surface area contributed by atoms with Crippen LogP contribution in [0.5, 0.6) is 5.75 Å². The molecule has 28 heavy (non-hydrogen) atoms. The average Bonchev–Trinajstić information content (AvgIpc) is 2.64. The van der Waals surface area contributed by atoms with Crippen LogP contribution in [0.25, 0.3) is 0 Å². The highest BCUT2D eigenvalue weighted by atomic mass is 127. The molecule has 154 valence electrons. The summed E-state index contributed by atoms with van der Waals surface area (Å²) >= 11 is 0. The highest BCUT2D eigenvalue weighted by Crippen LogP contribution is 2.20. The molecule has 0 aromatic heterocycles. The van der Waals surface area contributed by atoms with Crippen molar-refractivity contribution in [3.05, 3.63) is 65.0 Å². The van der Waals surface area contributed by atoms with Gasteiger partial charge in [-0.3, -0.25) is 4.99 Å². The summed E-state index contributed by atoms with van der Waals surface area (Å²) in [6, 6.07) is 12.8. The van der Waals surface area contributed by atoms with Gasteiger partial charge in [-0.2, -0.15) is 0 Å². The number of aliphatic imine (C=N–C) groups is 1. The van der Waals surface area contributed by atoms with Crippen molar-refractivity contribution in [1.82, 2.24) is 15.5 Å². The third-order valence-corrected chi connectivity index (χ3v) is 4.43. The molecule has 2 aromatic rings. The Hall–Kier alpha value is -1.87. The van der Waals surface area contributed by atoms with Crippen molar-refractivity contribution >= 4 is 29.9 Å². The summed E-state index contributed by atoms with van der Waals surface area (Å²) in [4.78, 5) is 6.33. The lowest BCUT2D eigenvalue weighted by molar-refractivity contribution is 0.297. The molecule has 0 saturated heterocycles. The van der Waals surface area contributed by atoms with Gasteiger partial charge >= 0.3 is 0 Å². The van der Waals surface area contributed by atoms with Gasteiger partial charge in [-0.25, -0.2) is 4.39 Å². The van der Waals surface area contributed by atoms with Crippen LogP contribution in [0.4, 0.5) is 4.39 Å². The van der Waals surface area contributed by atoms with Gasteiger partial charge in [0, 0.05) is 25.7 Å². The molecular formula is C21H30FIN4O. The standard InChI is InChI=1S/C21H29FN4O.HI/c1-15-9-10-17(20(11-15)27-5)13-24-21(23-2)25-14-19(26(3)4)16-7-6-8-18(22)12-16;/h6-12,19H,13-14H2,1-5H3,(H2,23,24,25);1H. The minimum absolute atomic E-state index is 0. The number of hydrogen-bond donors (Lipinski definition) is 2. The topological polar surface area (TPSA) is 48.9 Å². The maximum Gasteiger partial charge on any atom is 0.191 e. The zero-order valence-corrected chi connectivity index (χ0v) is 19.5. The Bertz CT molecular complexity index is 783. The second kappa shape index (κ2) is 11.9. The van der Waals surface area contributed by atoms with Crippen molar-refractivity contribution in [2.75, 3.05) is 34.8 Å². The summed E-state index contributed by atoms with van der Waals surface area (Å²) in [5.41, 5.74) is 3.13. The molecule has 0 amide bonds. The first-order valence-electron chi connectivity index (χ1n) is 8.94. The number of nitrogens with one attached hydrogen (secondary N) is 2. The minimum Gasteiger partial charge on any atom is -0.496 e. The Morgan fingerprint density at radius 2 is 1.93 bits per heavy atom. The molecular weight excluding hydrogens is 470 g/mol. The lowest BCUT2D eigenvalue weighted by atomic mass is 10.1. The molecule has 0 heterocycles. The third kappa shape index (κ3) is 6.94. The van der Waals surface area contributed by atoms with E-state index in [0.717, 1.165) is 22.4 Å². The summed E-state index contributed by atoms with van der Waals surface area (Å²) in [7, 11) is 7.36. The van der Waals surface area contributed by atoms with E-state index in [1.165, 1.54) is 6.07 Å². The second-order valence-electron chi connectivity index (χ2n) is 6.66. The molecule has 0 fully saturated rings. The highest BCUT2D eigenvalue weighted by Gasteiger charge is 2.15. The van der Waals surface area contributed by atoms with Gasteiger partial charge in [-0.1, -0.05) is 24.3 Å². The van der Waals surface area contributed by atoms with Crippen LogP contribution in [0, 0.1) is 12.7 Å². The van der Waals surface area contributed by atoms with Crippen LogP contribution >= 0.6 is 24.0 Å². The van der Waals surface area contributed by atoms with Gasteiger partial charge in [-0.05, 0) is 50.3 Å². The first-order valence-corrected chi connectivity index (χ1v) is 8.94. The fraction of sp³-hybridized carbons (Fsp3) is 0.381. The zero-order chi connectivity index (χ0) is 19.8. The molecule has 0 bridgehead atoms. The molecule has 0 saturated carbocycles. The van der Waals surface area contributed by atoms with Crippen LogP contribution in [0.2, 0.25) is 0 Å². The maximum atomic E-state index is 13.6. The normalized spacial score (nSPS) is 12.3. The molecule has 2 rings (SSSR count). The predicted molar refractivity (Wildman–Crippen MR) is 124 cm³/mol. The number of benzene rings is 2. The number of nitrogens with zero attached hydrogens (tertiary/aromatic N) is 2. The summed E-state index contributed by atoms with van der Waals surface area (Å²) in [6.07, 6.45) is 0. The predicted octanol–water partition coefficient (Wildman–Crippen LogP) is 3.73. The molecule has 5 nitrogen and oxygen atoms in total. The molecule has 1 unspecified atom stereocenters. The molecule has 0 aliphatic rings. The number of ether oxygens (including phenoxy) is 1. The van der Waals surface area contributed by atoms with E-state index in [4.69, 9.17) is 4.74 Å². The smallest absolute Gasteiger partial charge is 0.191 e. The van der Waals surface area contributed by atoms with Gasteiger partial charge in [0.25, 0.3) is 0 Å². The van der Waals surface area contributed by atoms with Gasteiger partial charge in [-0.15, -0.1) is 24.0 Å². The number of rotatable bonds is 7. The number of hydrogen-bond acceptors (Lipinski definition) is 3. The van der Waals surface area contributed by atoms with Gasteiger partial charge < -0.3 is 20.3 Å². The highest BCUT2D eigenvalue weighted by molar-refractivity contribution is 14.0. The number of aryl methyl sites for hydroxylation is 1. The SMILES string of the molecule is CN=C(NCc1ccc(C)cc1OC)NCC(c1cccc(F)c1)N(C)C.I. The van der Waals surface area contributed by atoms with E-state index < -0.39 is 0 Å². The van der Waals surface area contributed by atoms with E-state index in [1.807, 2.05) is 39.2 Å². The lowest BCUT2D eigenvalue weighted by Gasteiger charge is -2.26. The van der Waals surface area contributed by atoms with E-state index in [-0.39, 0.29) is 35.8 Å². The molecule has 0 radical (unpaired) electrons. The van der Waals surface area contributed by atoms with E-state index in [9.17, 15) is 4.39 Å². The molecule has 2 aromatic carbocycles. The van der Waals surface area contributed by atoms with E-state index in [1.54, 1.807) is 26.3 Å². The number of likely N-dealkylation sites (N-methyl/N-ethyl adjacent to an activating group) is 1. The van der Waals surface area contributed by atoms with Gasteiger partial charge in [0.1, 0.15) is 11.6 Å². The second-order valence-corrected chi connectivity index (χ2v) is 6.66. The Balaban J connectivity index is 0.00000392. The lowest BCUT2D eigenvalue weighted by Crippen LogP contribution is -2.41. The number of methoxy groups -OCH3 is 1. The molecule has 7 heteroatoms. The Morgan fingerprint density at radius 3 is 2.54 bits per heavy atom. The van der Waals surface area contributed by atoms with Crippen LogP contribution in [0.15, 0.2) is 47.5 Å². The molecule has 0 spiro atoms. The largest absolute Gasteiger partial charge is 0.496 e. The van der Waals surface area contributed by atoms with Crippen molar-refractivity contribution in [1.29, 1.82) is 0 Å². The molecule has 1 atom stereocenters.